The number of hydrogen-bond acceptors (Lipinski definition) is 5. The van der Waals surface area contributed by atoms with Gasteiger partial charge in [0.1, 0.15) is 6.33 Å². The highest BCUT2D eigenvalue weighted by Gasteiger charge is 2.08. The molecule has 0 unspecified atom stereocenters. The normalized spacial score (nSPS) is 12.7. The molecular weight excluding hydrogens is 264 g/mol. The van der Waals surface area contributed by atoms with Gasteiger partial charge in [0.05, 0.1) is 11.1 Å². The summed E-state index contributed by atoms with van der Waals surface area (Å²) in [6.45, 7) is 1.71. The molecule has 2 rings (SSSR count). The Hall–Kier alpha value is -0.620. The number of hydrogen-bond donors (Lipinski definition) is 1. The van der Waals surface area contributed by atoms with E-state index in [2.05, 4.69) is 9.36 Å². The quantitative estimate of drug-likeness (QED) is 0.930. The van der Waals surface area contributed by atoms with E-state index < -0.39 is 6.10 Å². The van der Waals surface area contributed by atoms with E-state index in [9.17, 15) is 5.11 Å². The molecule has 0 aliphatic heterocycles. The van der Waals surface area contributed by atoms with Gasteiger partial charge in [0.2, 0.25) is 0 Å². The number of aliphatic hydroxyl groups excluding tert-OH is 1. The Bertz CT molecular complexity index is 474. The van der Waals surface area contributed by atoms with Gasteiger partial charge in [-0.05, 0) is 36.2 Å². The monoisotopic (exact) mass is 272 g/mol. The second-order valence-corrected chi connectivity index (χ2v) is 5.65. The Kier molecular flexibility index (Phi) is 3.81. The summed E-state index contributed by atoms with van der Waals surface area (Å²) in [5, 5.41) is 10.0. The smallest absolute Gasteiger partial charge is 0.174 e. The van der Waals surface area contributed by atoms with Crippen molar-refractivity contribution < 1.29 is 5.11 Å². The van der Waals surface area contributed by atoms with Crippen LogP contribution in [-0.2, 0) is 0 Å². The predicted octanol–water partition coefficient (Wildman–Crippen LogP) is 3.40. The Morgan fingerprint density at radius 2 is 2.31 bits per heavy atom. The third kappa shape index (κ3) is 2.74. The van der Waals surface area contributed by atoms with Crippen LogP contribution in [-0.4, -0.2) is 14.5 Å². The molecule has 16 heavy (non-hydrogen) atoms. The van der Waals surface area contributed by atoms with Crippen LogP contribution in [0.1, 0.15) is 18.6 Å². The molecular formula is C10H9ClN2OS2. The summed E-state index contributed by atoms with van der Waals surface area (Å²) in [7, 11) is 0. The molecule has 1 atom stereocenters. The van der Waals surface area contributed by atoms with Gasteiger partial charge in [-0.3, -0.25) is 0 Å². The summed E-state index contributed by atoms with van der Waals surface area (Å²) in [5.74, 6) is 0. The predicted molar refractivity (Wildman–Crippen MR) is 66.1 cm³/mol. The lowest BCUT2D eigenvalue weighted by atomic mass is 10.1. The Morgan fingerprint density at radius 1 is 1.50 bits per heavy atom. The molecule has 84 valence electrons. The van der Waals surface area contributed by atoms with Crippen molar-refractivity contribution in [2.45, 2.75) is 22.3 Å². The van der Waals surface area contributed by atoms with Crippen molar-refractivity contribution in [2.75, 3.05) is 0 Å². The van der Waals surface area contributed by atoms with Crippen LogP contribution in [0, 0.1) is 0 Å². The molecule has 0 aliphatic rings. The minimum atomic E-state index is -0.502. The molecule has 0 bridgehead atoms. The van der Waals surface area contributed by atoms with Gasteiger partial charge < -0.3 is 5.11 Å². The molecule has 0 spiro atoms. The minimum Gasteiger partial charge on any atom is -0.389 e. The number of halogens is 1. The molecule has 1 heterocycles. The molecule has 0 aliphatic carbocycles. The van der Waals surface area contributed by atoms with Gasteiger partial charge in [-0.2, -0.15) is 4.37 Å². The Labute approximate surface area is 107 Å². The van der Waals surface area contributed by atoms with Crippen molar-refractivity contribution in [1.29, 1.82) is 0 Å². The van der Waals surface area contributed by atoms with Crippen LogP contribution in [0.2, 0.25) is 5.02 Å². The lowest BCUT2D eigenvalue weighted by molar-refractivity contribution is 0.199. The van der Waals surface area contributed by atoms with Crippen LogP contribution >= 0.6 is 34.9 Å². The van der Waals surface area contributed by atoms with Crippen molar-refractivity contribution >= 4 is 34.9 Å². The fraction of sp³-hybridized carbons (Fsp3) is 0.200. The average molecular weight is 273 g/mol. The standard InChI is InChI=1S/C10H9ClN2OS2/c1-6(14)7-2-3-9(8(11)4-7)15-10-12-5-13-16-10/h2-6,14H,1H3/t6-/m0/s1. The molecule has 1 aromatic carbocycles. The fourth-order valence-electron chi connectivity index (χ4n) is 1.16. The first kappa shape index (κ1) is 11.9. The first-order valence-corrected chi connectivity index (χ1v) is 6.55. The number of nitrogens with zero attached hydrogens (tertiary/aromatic N) is 2. The van der Waals surface area contributed by atoms with Gasteiger partial charge in [0.25, 0.3) is 0 Å². The summed E-state index contributed by atoms with van der Waals surface area (Å²) in [6.07, 6.45) is 1.02. The van der Waals surface area contributed by atoms with Crippen molar-refractivity contribution in [1.82, 2.24) is 9.36 Å². The van der Waals surface area contributed by atoms with E-state index in [0.717, 1.165) is 14.8 Å². The average Bonchev–Trinajstić information content (AvgIpc) is 2.73. The van der Waals surface area contributed by atoms with Crippen LogP contribution in [0.15, 0.2) is 33.8 Å². The van der Waals surface area contributed by atoms with Gasteiger partial charge in [0, 0.05) is 4.90 Å². The second-order valence-electron chi connectivity index (χ2n) is 3.18. The maximum Gasteiger partial charge on any atom is 0.174 e. The summed E-state index contributed by atoms with van der Waals surface area (Å²) in [4.78, 5) is 4.99. The van der Waals surface area contributed by atoms with E-state index in [1.165, 1.54) is 29.6 Å². The molecule has 0 radical (unpaired) electrons. The fourth-order valence-corrected chi connectivity index (χ4v) is 2.87. The number of aromatic nitrogens is 2. The first-order valence-electron chi connectivity index (χ1n) is 4.59. The van der Waals surface area contributed by atoms with E-state index in [1.54, 1.807) is 13.0 Å². The summed E-state index contributed by atoms with van der Waals surface area (Å²) in [5.41, 5.74) is 0.812. The highest BCUT2D eigenvalue weighted by molar-refractivity contribution is 8.01. The summed E-state index contributed by atoms with van der Waals surface area (Å²) in [6, 6.07) is 5.52. The third-order valence-corrected chi connectivity index (χ3v) is 4.19. The lowest BCUT2D eigenvalue weighted by Gasteiger charge is -2.07. The largest absolute Gasteiger partial charge is 0.389 e. The zero-order valence-corrected chi connectivity index (χ0v) is 10.8. The SMILES string of the molecule is C[C@H](O)c1ccc(Sc2ncns2)c(Cl)c1. The second kappa shape index (κ2) is 5.14. The molecule has 1 N–H and O–H groups in total. The van der Waals surface area contributed by atoms with Crippen LogP contribution in [0.4, 0.5) is 0 Å². The van der Waals surface area contributed by atoms with E-state index in [4.69, 9.17) is 11.6 Å². The minimum absolute atomic E-state index is 0.502. The number of rotatable bonds is 3. The number of benzene rings is 1. The van der Waals surface area contributed by atoms with E-state index in [0.29, 0.717) is 5.02 Å². The van der Waals surface area contributed by atoms with Crippen LogP contribution in [0.25, 0.3) is 0 Å². The van der Waals surface area contributed by atoms with Crippen molar-refractivity contribution in [3.63, 3.8) is 0 Å². The first-order chi connectivity index (χ1) is 7.66. The highest BCUT2D eigenvalue weighted by atomic mass is 35.5. The molecule has 6 heteroatoms. The Balaban J connectivity index is 2.23. The number of aliphatic hydroxyl groups is 1. The molecule has 1 aromatic heterocycles. The molecule has 0 amide bonds. The maximum absolute atomic E-state index is 9.41. The zero-order chi connectivity index (χ0) is 11.5. The van der Waals surface area contributed by atoms with Gasteiger partial charge in [-0.1, -0.05) is 29.4 Å². The molecule has 0 saturated carbocycles. The third-order valence-electron chi connectivity index (χ3n) is 1.98. The molecule has 2 aromatic rings. The van der Waals surface area contributed by atoms with Crippen molar-refractivity contribution in [3.05, 3.63) is 35.1 Å². The van der Waals surface area contributed by atoms with Crippen LogP contribution < -0.4 is 0 Å². The van der Waals surface area contributed by atoms with Gasteiger partial charge in [-0.25, -0.2) is 4.98 Å². The van der Waals surface area contributed by atoms with Crippen LogP contribution in [0.3, 0.4) is 0 Å². The Morgan fingerprint density at radius 3 is 2.88 bits per heavy atom. The van der Waals surface area contributed by atoms with Gasteiger partial charge in [0.15, 0.2) is 4.34 Å². The van der Waals surface area contributed by atoms with E-state index in [-0.39, 0.29) is 0 Å². The van der Waals surface area contributed by atoms with E-state index >= 15 is 0 Å². The van der Waals surface area contributed by atoms with Crippen molar-refractivity contribution in [2.24, 2.45) is 0 Å². The summed E-state index contributed by atoms with van der Waals surface area (Å²) >= 11 is 8.92. The van der Waals surface area contributed by atoms with Gasteiger partial charge in [-0.15, -0.1) is 0 Å². The molecule has 0 saturated heterocycles. The molecule has 3 nitrogen and oxygen atoms in total. The molecule has 0 fully saturated rings. The lowest BCUT2D eigenvalue weighted by Crippen LogP contribution is -1.90. The highest BCUT2D eigenvalue weighted by Crippen LogP contribution is 2.34. The van der Waals surface area contributed by atoms with Crippen molar-refractivity contribution in [3.8, 4) is 0 Å². The van der Waals surface area contributed by atoms with Gasteiger partial charge >= 0.3 is 0 Å². The zero-order valence-electron chi connectivity index (χ0n) is 8.42. The summed E-state index contributed by atoms with van der Waals surface area (Å²) < 4.78 is 4.77. The maximum atomic E-state index is 9.41. The topological polar surface area (TPSA) is 46.0 Å². The van der Waals surface area contributed by atoms with E-state index in [1.807, 2.05) is 12.1 Å². The van der Waals surface area contributed by atoms with Crippen LogP contribution in [0.5, 0.6) is 0 Å².